The van der Waals surface area contributed by atoms with Gasteiger partial charge in [-0.25, -0.2) is 0 Å². The number of hydrogen-bond acceptors (Lipinski definition) is 4. The second-order valence-corrected chi connectivity index (χ2v) is 6.54. The average Bonchev–Trinajstić information content (AvgIpc) is 2.85. The molecule has 1 aromatic rings. The number of halogens is 2. The molecule has 1 saturated heterocycles. The number of carbonyl (C=O) groups excluding carboxylic acids is 1. The molecule has 3 unspecified atom stereocenters. The Morgan fingerprint density at radius 1 is 1.39 bits per heavy atom. The van der Waals surface area contributed by atoms with Crippen molar-refractivity contribution in [2.75, 3.05) is 19.6 Å². The monoisotopic (exact) mass is 365 g/mol. The number of likely N-dealkylation sites (tertiary alicyclic amines) is 1. The standard InChI is InChI=1S/C16H27N3O2.2ClH/c1-11-4-12(2)8-19(7-11)9-13(3)18-16(20)14-5-15(6-17)21-10-14;;/h5,10-13H,4,6-9,17H2,1-3H3,(H,18,20);2*1H. The lowest BCUT2D eigenvalue weighted by atomic mass is 9.92. The van der Waals surface area contributed by atoms with Crippen LogP contribution in [0.5, 0.6) is 0 Å². The van der Waals surface area contributed by atoms with Crippen molar-refractivity contribution in [3.05, 3.63) is 23.7 Å². The Kier molecular flexibility index (Phi) is 9.85. The third kappa shape index (κ3) is 6.71. The van der Waals surface area contributed by atoms with Crippen LogP contribution >= 0.6 is 24.8 Å². The third-order valence-corrected chi connectivity index (χ3v) is 3.97. The molecule has 1 fully saturated rings. The van der Waals surface area contributed by atoms with Crippen molar-refractivity contribution in [2.45, 2.75) is 39.8 Å². The summed E-state index contributed by atoms with van der Waals surface area (Å²) in [6.45, 7) is 10.1. The van der Waals surface area contributed by atoms with Crippen LogP contribution in [0.3, 0.4) is 0 Å². The van der Waals surface area contributed by atoms with E-state index in [1.807, 2.05) is 6.92 Å². The summed E-state index contributed by atoms with van der Waals surface area (Å²) in [5.41, 5.74) is 6.03. The lowest BCUT2D eigenvalue weighted by Crippen LogP contribution is -2.46. The maximum Gasteiger partial charge on any atom is 0.254 e. The number of nitrogens with zero attached hydrogens (tertiary/aromatic N) is 1. The molecule has 0 aromatic carbocycles. The van der Waals surface area contributed by atoms with E-state index in [-0.39, 0.29) is 36.8 Å². The van der Waals surface area contributed by atoms with Crippen molar-refractivity contribution in [1.82, 2.24) is 10.2 Å². The molecule has 3 N–H and O–H groups in total. The molecule has 1 aliphatic heterocycles. The van der Waals surface area contributed by atoms with Crippen molar-refractivity contribution in [1.29, 1.82) is 0 Å². The Morgan fingerprint density at radius 3 is 2.52 bits per heavy atom. The van der Waals surface area contributed by atoms with E-state index in [1.165, 1.54) is 12.7 Å². The van der Waals surface area contributed by atoms with Crippen LogP contribution in [0, 0.1) is 11.8 Å². The molecule has 0 spiro atoms. The number of nitrogens with two attached hydrogens (primary N) is 1. The number of carbonyl (C=O) groups is 1. The first-order valence-corrected chi connectivity index (χ1v) is 7.78. The molecule has 1 aliphatic rings. The maximum atomic E-state index is 12.1. The second-order valence-electron chi connectivity index (χ2n) is 6.54. The first kappa shape index (κ1) is 22.2. The number of piperidine rings is 1. The molecule has 0 aliphatic carbocycles. The molecule has 1 amide bonds. The zero-order chi connectivity index (χ0) is 15.4. The highest BCUT2D eigenvalue weighted by molar-refractivity contribution is 5.94. The summed E-state index contributed by atoms with van der Waals surface area (Å²) in [5.74, 6) is 2.01. The first-order valence-electron chi connectivity index (χ1n) is 7.78. The van der Waals surface area contributed by atoms with Crippen LogP contribution in [0.1, 0.15) is 43.3 Å². The SMILES string of the molecule is CC1CC(C)CN(CC(C)NC(=O)c2coc(CN)c2)C1.Cl.Cl. The number of furan rings is 1. The Hall–Kier alpha value is -0.750. The number of hydrogen-bond donors (Lipinski definition) is 2. The lowest BCUT2D eigenvalue weighted by Gasteiger charge is -2.36. The third-order valence-electron chi connectivity index (χ3n) is 3.97. The van der Waals surface area contributed by atoms with Gasteiger partial charge in [0.1, 0.15) is 12.0 Å². The van der Waals surface area contributed by atoms with Crippen LogP contribution in [-0.4, -0.2) is 36.5 Å². The number of nitrogens with one attached hydrogen (secondary N) is 1. The van der Waals surface area contributed by atoms with Gasteiger partial charge >= 0.3 is 0 Å². The van der Waals surface area contributed by atoms with Gasteiger partial charge in [-0.1, -0.05) is 13.8 Å². The van der Waals surface area contributed by atoms with Crippen molar-refractivity contribution < 1.29 is 9.21 Å². The van der Waals surface area contributed by atoms with Crippen LogP contribution in [0.25, 0.3) is 0 Å². The zero-order valence-corrected chi connectivity index (χ0v) is 15.7. The quantitative estimate of drug-likeness (QED) is 0.841. The topological polar surface area (TPSA) is 71.5 Å². The fourth-order valence-electron chi connectivity index (χ4n) is 3.29. The summed E-state index contributed by atoms with van der Waals surface area (Å²) < 4.78 is 5.20. The molecule has 0 saturated carbocycles. The van der Waals surface area contributed by atoms with Gasteiger partial charge in [-0.15, -0.1) is 24.8 Å². The van der Waals surface area contributed by atoms with Crippen LogP contribution in [-0.2, 0) is 6.54 Å². The van der Waals surface area contributed by atoms with E-state index >= 15 is 0 Å². The van der Waals surface area contributed by atoms with Crippen molar-refractivity contribution >= 4 is 30.7 Å². The lowest BCUT2D eigenvalue weighted by molar-refractivity contribution is 0.0904. The normalized spacial score (nSPS) is 22.6. The first-order chi connectivity index (χ1) is 9.97. The maximum absolute atomic E-state index is 12.1. The minimum atomic E-state index is -0.0935. The Labute approximate surface area is 151 Å². The van der Waals surface area contributed by atoms with Gasteiger partial charge in [0.25, 0.3) is 5.91 Å². The molecule has 2 heterocycles. The molecular weight excluding hydrogens is 337 g/mol. The smallest absolute Gasteiger partial charge is 0.254 e. The van der Waals surface area contributed by atoms with E-state index in [9.17, 15) is 4.79 Å². The van der Waals surface area contributed by atoms with Crippen molar-refractivity contribution in [3.63, 3.8) is 0 Å². The van der Waals surface area contributed by atoms with E-state index in [4.69, 9.17) is 10.2 Å². The largest absolute Gasteiger partial charge is 0.467 e. The van der Waals surface area contributed by atoms with E-state index < -0.39 is 0 Å². The van der Waals surface area contributed by atoms with E-state index in [0.29, 0.717) is 17.9 Å². The summed E-state index contributed by atoms with van der Waals surface area (Å²) >= 11 is 0. The zero-order valence-electron chi connectivity index (χ0n) is 14.1. The fourth-order valence-corrected chi connectivity index (χ4v) is 3.29. The van der Waals surface area contributed by atoms with Crippen molar-refractivity contribution in [2.24, 2.45) is 17.6 Å². The van der Waals surface area contributed by atoms with Crippen LogP contribution in [0.15, 0.2) is 16.7 Å². The summed E-state index contributed by atoms with van der Waals surface area (Å²) in [5, 5.41) is 3.03. The molecule has 1 aromatic heterocycles. The minimum Gasteiger partial charge on any atom is -0.467 e. The second kappa shape index (κ2) is 10.2. The molecule has 7 heteroatoms. The highest BCUT2D eigenvalue weighted by atomic mass is 35.5. The Morgan fingerprint density at radius 2 is 2.00 bits per heavy atom. The van der Waals surface area contributed by atoms with Gasteiger partial charge in [-0.3, -0.25) is 4.79 Å². The fraction of sp³-hybridized carbons (Fsp3) is 0.688. The minimum absolute atomic E-state index is 0. The van der Waals surface area contributed by atoms with Gasteiger partial charge in [0.2, 0.25) is 0 Å². The highest BCUT2D eigenvalue weighted by Gasteiger charge is 2.23. The van der Waals surface area contributed by atoms with E-state index in [2.05, 4.69) is 24.1 Å². The summed E-state index contributed by atoms with van der Waals surface area (Å²) in [6, 6.07) is 1.82. The van der Waals surface area contributed by atoms with Gasteiger partial charge in [0, 0.05) is 25.7 Å². The summed E-state index contributed by atoms with van der Waals surface area (Å²) in [4.78, 5) is 14.6. The molecular formula is C16H29Cl2N3O2. The average molecular weight is 366 g/mol. The Balaban J connectivity index is 0.00000242. The van der Waals surface area contributed by atoms with Crippen LogP contribution in [0.4, 0.5) is 0 Å². The van der Waals surface area contributed by atoms with Crippen molar-refractivity contribution in [3.8, 4) is 0 Å². The summed E-state index contributed by atoms with van der Waals surface area (Å²) in [6.07, 6.45) is 2.77. The van der Waals surface area contributed by atoms with Crippen LogP contribution in [0.2, 0.25) is 0 Å². The molecule has 0 radical (unpaired) electrons. The molecule has 134 valence electrons. The molecule has 3 atom stereocenters. The summed E-state index contributed by atoms with van der Waals surface area (Å²) in [7, 11) is 0. The Bertz CT molecular complexity index is 472. The van der Waals surface area contributed by atoms with Gasteiger partial charge in [0.05, 0.1) is 12.1 Å². The van der Waals surface area contributed by atoms with Gasteiger partial charge in [0.15, 0.2) is 0 Å². The highest BCUT2D eigenvalue weighted by Crippen LogP contribution is 2.20. The van der Waals surface area contributed by atoms with E-state index in [0.717, 1.165) is 31.5 Å². The van der Waals surface area contributed by atoms with E-state index in [1.54, 1.807) is 6.07 Å². The number of rotatable bonds is 5. The van der Waals surface area contributed by atoms with Gasteiger partial charge < -0.3 is 20.4 Å². The molecule has 2 rings (SSSR count). The molecule has 23 heavy (non-hydrogen) atoms. The molecule has 0 bridgehead atoms. The van der Waals surface area contributed by atoms with Gasteiger partial charge in [-0.2, -0.15) is 0 Å². The predicted octanol–water partition coefficient (Wildman–Crippen LogP) is 2.68. The van der Waals surface area contributed by atoms with Gasteiger partial charge in [-0.05, 0) is 31.2 Å². The predicted molar refractivity (Wildman–Crippen MR) is 97.4 cm³/mol. The van der Waals surface area contributed by atoms with Crippen LogP contribution < -0.4 is 11.1 Å². The number of amides is 1. The molecule has 5 nitrogen and oxygen atoms in total.